The normalized spacial score (nSPS) is 23.4. The molecule has 3 heteroatoms. The van der Waals surface area contributed by atoms with E-state index in [9.17, 15) is 8.78 Å². The molecular formula is C39H56F2O. The van der Waals surface area contributed by atoms with E-state index in [1.54, 1.807) is 12.1 Å². The summed E-state index contributed by atoms with van der Waals surface area (Å²) < 4.78 is 34.9. The molecule has 2 aliphatic rings. The molecule has 0 aliphatic heterocycles. The van der Waals surface area contributed by atoms with Gasteiger partial charge in [0.2, 0.25) is 0 Å². The maximum atomic E-state index is 14.9. The summed E-state index contributed by atoms with van der Waals surface area (Å²) in [6.07, 6.45) is 22.4. The summed E-state index contributed by atoms with van der Waals surface area (Å²) >= 11 is 0. The highest BCUT2D eigenvalue weighted by atomic mass is 19.3. The molecule has 2 aromatic rings. The molecule has 2 aromatic carbocycles. The highest BCUT2D eigenvalue weighted by Crippen LogP contribution is 2.40. The second kappa shape index (κ2) is 17.3. The van der Waals surface area contributed by atoms with Gasteiger partial charge in [0.25, 0.3) is 0 Å². The fourth-order valence-electron chi connectivity index (χ4n) is 7.39. The second-order valence-electron chi connectivity index (χ2n) is 13.3. The first-order valence-electron chi connectivity index (χ1n) is 17.3. The van der Waals surface area contributed by atoms with Gasteiger partial charge < -0.3 is 4.74 Å². The Bertz CT molecular complexity index is 1030. The molecule has 4 rings (SSSR count). The average molecular weight is 579 g/mol. The van der Waals surface area contributed by atoms with Gasteiger partial charge in [-0.15, -0.1) is 0 Å². The van der Waals surface area contributed by atoms with Crippen molar-refractivity contribution in [3.05, 3.63) is 82.9 Å². The van der Waals surface area contributed by atoms with Gasteiger partial charge in [-0.2, -0.15) is 8.78 Å². The Morgan fingerprint density at radius 1 is 0.714 bits per heavy atom. The minimum absolute atomic E-state index is 0.00863. The standard InChI is InChI=1S/C39H56F2O/c1-3-5-7-8-10-12-32-15-19-34(20-16-32)35-23-17-33(18-24-35)29-30-42-39(40,41)38-27-25-37(26-28-38)36-21-13-31(14-22-36)11-9-6-4-2/h4,6,17-18,23-28,31-32,34,36H,3,5,7-16,19-22,29-30H2,1-2H3/b6-4+/t31-,32-,34-,36-. The molecule has 2 fully saturated rings. The fourth-order valence-corrected chi connectivity index (χ4v) is 7.39. The smallest absolute Gasteiger partial charge is 0.316 e. The van der Waals surface area contributed by atoms with Gasteiger partial charge in [0.05, 0.1) is 12.2 Å². The number of unbranched alkanes of at least 4 members (excludes halogenated alkanes) is 4. The Labute approximate surface area is 255 Å². The summed E-state index contributed by atoms with van der Waals surface area (Å²) in [5, 5.41) is 0. The van der Waals surface area contributed by atoms with E-state index in [4.69, 9.17) is 4.74 Å². The SMILES string of the molecule is C/C=C/CC[C@H]1CC[C@H](c2ccc(C(F)(F)OCCc3ccc([C@H]4CC[C@H](CCCCCCC)CC4)cc3)cc2)CC1. The maximum absolute atomic E-state index is 14.9. The first-order valence-corrected chi connectivity index (χ1v) is 17.3. The number of hydrogen-bond acceptors (Lipinski definition) is 1. The predicted molar refractivity (Wildman–Crippen MR) is 173 cm³/mol. The monoisotopic (exact) mass is 578 g/mol. The number of allylic oxidation sites excluding steroid dienone is 2. The van der Waals surface area contributed by atoms with Gasteiger partial charge >= 0.3 is 6.11 Å². The summed E-state index contributed by atoms with van der Waals surface area (Å²) in [5.41, 5.74) is 3.62. The van der Waals surface area contributed by atoms with Crippen LogP contribution in [-0.2, 0) is 17.3 Å². The summed E-state index contributed by atoms with van der Waals surface area (Å²) in [6, 6.07) is 15.6. The van der Waals surface area contributed by atoms with E-state index in [0.29, 0.717) is 18.3 Å². The Morgan fingerprint density at radius 2 is 1.26 bits per heavy atom. The average Bonchev–Trinajstić information content (AvgIpc) is 3.02. The minimum Gasteiger partial charge on any atom is -0.316 e. The lowest BCUT2D eigenvalue weighted by molar-refractivity contribution is -0.248. The molecule has 232 valence electrons. The van der Waals surface area contributed by atoms with Gasteiger partial charge in [-0.3, -0.25) is 0 Å². The zero-order valence-corrected chi connectivity index (χ0v) is 26.5. The molecule has 0 unspecified atom stereocenters. The Hall–Kier alpha value is -2.00. The molecule has 0 N–H and O–H groups in total. The number of halogens is 2. The van der Waals surface area contributed by atoms with Crippen molar-refractivity contribution in [1.29, 1.82) is 0 Å². The lowest BCUT2D eigenvalue weighted by Gasteiger charge is -2.29. The third-order valence-corrected chi connectivity index (χ3v) is 10.2. The van der Waals surface area contributed by atoms with Crippen molar-refractivity contribution in [1.82, 2.24) is 0 Å². The van der Waals surface area contributed by atoms with Crippen LogP contribution in [0.5, 0.6) is 0 Å². The quantitative estimate of drug-likeness (QED) is 0.142. The molecule has 0 saturated heterocycles. The van der Waals surface area contributed by atoms with Crippen molar-refractivity contribution in [3.63, 3.8) is 0 Å². The van der Waals surface area contributed by atoms with Crippen LogP contribution >= 0.6 is 0 Å². The first-order chi connectivity index (χ1) is 20.5. The molecule has 0 atom stereocenters. The lowest BCUT2D eigenvalue weighted by Crippen LogP contribution is -2.20. The highest BCUT2D eigenvalue weighted by Gasteiger charge is 2.33. The number of alkyl halides is 2. The van der Waals surface area contributed by atoms with E-state index in [1.165, 1.54) is 101 Å². The third-order valence-electron chi connectivity index (χ3n) is 10.2. The Balaban J connectivity index is 1.16. The van der Waals surface area contributed by atoms with Gasteiger partial charge in [0, 0.05) is 0 Å². The van der Waals surface area contributed by atoms with E-state index in [0.717, 1.165) is 30.2 Å². The molecule has 0 aromatic heterocycles. The van der Waals surface area contributed by atoms with E-state index in [-0.39, 0.29) is 12.2 Å². The fraction of sp³-hybridized carbons (Fsp3) is 0.641. The van der Waals surface area contributed by atoms with Crippen LogP contribution < -0.4 is 0 Å². The van der Waals surface area contributed by atoms with Gasteiger partial charge in [-0.1, -0.05) is 106 Å². The van der Waals surface area contributed by atoms with Gasteiger partial charge in [0.15, 0.2) is 0 Å². The summed E-state index contributed by atoms with van der Waals surface area (Å²) in [7, 11) is 0. The molecule has 0 spiro atoms. The van der Waals surface area contributed by atoms with Crippen LogP contribution in [0.3, 0.4) is 0 Å². The predicted octanol–water partition coefficient (Wildman–Crippen LogP) is 12.3. The summed E-state index contributed by atoms with van der Waals surface area (Å²) in [5.74, 6) is 2.86. The molecule has 0 amide bonds. The van der Waals surface area contributed by atoms with Gasteiger partial charge in [0.1, 0.15) is 0 Å². The Kier molecular flexibility index (Phi) is 13.6. The van der Waals surface area contributed by atoms with E-state index in [2.05, 4.69) is 50.3 Å². The summed E-state index contributed by atoms with van der Waals surface area (Å²) in [6.45, 7) is 4.36. The zero-order valence-electron chi connectivity index (χ0n) is 26.5. The van der Waals surface area contributed by atoms with E-state index >= 15 is 0 Å². The molecular weight excluding hydrogens is 522 g/mol. The summed E-state index contributed by atoms with van der Waals surface area (Å²) in [4.78, 5) is 0. The van der Waals surface area contributed by atoms with Gasteiger partial charge in [-0.05, 0) is 118 Å². The van der Waals surface area contributed by atoms with Crippen LogP contribution in [0, 0.1) is 11.8 Å². The number of rotatable bonds is 16. The van der Waals surface area contributed by atoms with Crippen LogP contribution in [0.15, 0.2) is 60.7 Å². The molecule has 0 heterocycles. The van der Waals surface area contributed by atoms with Gasteiger partial charge in [-0.25, -0.2) is 0 Å². The lowest BCUT2D eigenvalue weighted by atomic mass is 9.77. The van der Waals surface area contributed by atoms with Crippen LogP contribution in [0.4, 0.5) is 8.78 Å². The topological polar surface area (TPSA) is 9.23 Å². The zero-order chi connectivity index (χ0) is 29.6. The van der Waals surface area contributed by atoms with Crippen molar-refractivity contribution in [3.8, 4) is 0 Å². The first kappa shape index (κ1) is 32.9. The second-order valence-corrected chi connectivity index (χ2v) is 13.3. The van der Waals surface area contributed by atoms with Crippen LogP contribution in [0.2, 0.25) is 0 Å². The maximum Gasteiger partial charge on any atom is 0.383 e. The van der Waals surface area contributed by atoms with E-state index < -0.39 is 6.11 Å². The Morgan fingerprint density at radius 3 is 1.83 bits per heavy atom. The molecule has 0 bridgehead atoms. The third kappa shape index (κ3) is 10.3. The van der Waals surface area contributed by atoms with Crippen molar-refractivity contribution < 1.29 is 13.5 Å². The van der Waals surface area contributed by atoms with Crippen LogP contribution in [0.1, 0.15) is 151 Å². The van der Waals surface area contributed by atoms with Crippen LogP contribution in [-0.4, -0.2) is 6.61 Å². The minimum atomic E-state index is -3.27. The van der Waals surface area contributed by atoms with Crippen molar-refractivity contribution in [2.45, 2.75) is 141 Å². The number of benzene rings is 2. The highest BCUT2D eigenvalue weighted by molar-refractivity contribution is 5.28. The van der Waals surface area contributed by atoms with Crippen molar-refractivity contribution in [2.75, 3.05) is 6.61 Å². The largest absolute Gasteiger partial charge is 0.383 e. The van der Waals surface area contributed by atoms with Crippen molar-refractivity contribution >= 4 is 0 Å². The van der Waals surface area contributed by atoms with Crippen molar-refractivity contribution in [2.24, 2.45) is 11.8 Å². The molecule has 1 nitrogen and oxygen atoms in total. The molecule has 2 aliphatic carbocycles. The molecule has 2 saturated carbocycles. The number of ether oxygens (including phenoxy) is 1. The van der Waals surface area contributed by atoms with E-state index in [1.807, 2.05) is 12.1 Å². The molecule has 42 heavy (non-hydrogen) atoms. The van der Waals surface area contributed by atoms with Crippen LogP contribution in [0.25, 0.3) is 0 Å². The number of hydrogen-bond donors (Lipinski definition) is 0. The molecule has 0 radical (unpaired) electrons.